The molecule has 46 valence electrons. The number of halogens is 1. The van der Waals surface area contributed by atoms with Gasteiger partial charge in [0.2, 0.25) is 0 Å². The molecule has 0 atom stereocenters. The molecule has 0 heterocycles. The molecule has 0 aliphatic rings. The van der Waals surface area contributed by atoms with Crippen LogP contribution in [0.3, 0.4) is 0 Å². The van der Waals surface area contributed by atoms with E-state index < -0.39 is 10.4 Å². The van der Waals surface area contributed by atoms with Crippen molar-refractivity contribution in [1.82, 2.24) is 0 Å². The van der Waals surface area contributed by atoms with Crippen LogP contribution in [-0.2, 0) is 27.5 Å². The van der Waals surface area contributed by atoms with E-state index in [0.717, 1.165) is 0 Å². The van der Waals surface area contributed by atoms with Crippen molar-refractivity contribution in [3.05, 3.63) is 0 Å². The fourth-order valence-electron chi connectivity index (χ4n) is 0. The second-order valence-corrected chi connectivity index (χ2v) is 1.22. The molecule has 0 unspecified atom stereocenters. The van der Waals surface area contributed by atoms with Crippen LogP contribution in [0.5, 0.6) is 0 Å². The Bertz CT molecular complexity index is 94.9. The smallest absolute Gasteiger partial charge is 0.759 e. The largest absolute Gasteiger partial charge is 2.00 e. The molecule has 0 fully saturated rings. The molecule has 0 N–H and O–H groups in total. The van der Waals surface area contributed by atoms with Crippen molar-refractivity contribution in [2.75, 3.05) is 0 Å². The van der Waals surface area contributed by atoms with Crippen LogP contribution in [0.1, 0.15) is 0 Å². The summed E-state index contributed by atoms with van der Waals surface area (Å²) in [6.07, 6.45) is 0. The monoisotopic (exact) mass is 188 g/mol. The summed E-state index contributed by atoms with van der Waals surface area (Å²) in [5.41, 5.74) is 0. The molecule has 7 heteroatoms. The molecule has 0 amide bonds. The Kier molecular flexibility index (Phi) is 10.8. The van der Waals surface area contributed by atoms with Crippen LogP contribution < -0.4 is 0 Å². The summed E-state index contributed by atoms with van der Waals surface area (Å²) in [7, 11) is -5.17. The second-order valence-electron chi connectivity index (χ2n) is 0.408. The summed E-state index contributed by atoms with van der Waals surface area (Å²) in [5, 5.41) is 0. The Morgan fingerprint density at radius 3 is 1.14 bits per heavy atom. The first kappa shape index (κ1) is 15.6. The average molecular weight is 188 g/mol. The van der Waals surface area contributed by atoms with Gasteiger partial charge in [-0.3, -0.25) is 8.42 Å². The Morgan fingerprint density at radius 1 is 1.14 bits per heavy atom. The van der Waals surface area contributed by atoms with Crippen molar-refractivity contribution in [3.63, 3.8) is 0 Å². The molecule has 0 aromatic carbocycles. The quantitative estimate of drug-likeness (QED) is 0.280. The number of rotatable bonds is 0. The van der Waals surface area contributed by atoms with Crippen molar-refractivity contribution < 1.29 is 34.6 Å². The molecular formula is HClFeO4S. The maximum absolute atomic E-state index is 8.52. The minimum absolute atomic E-state index is 0. The number of hydrogen-bond acceptors (Lipinski definition) is 4. The van der Waals surface area contributed by atoms with E-state index in [1.807, 2.05) is 0 Å². The maximum Gasteiger partial charge on any atom is 2.00 e. The standard InChI is InChI=1S/ClH.Fe.H2O4S/c;;1-5(2,3)4/h1H;;(H2,1,2,3,4)/q;+2;/p-2. The van der Waals surface area contributed by atoms with E-state index in [1.165, 1.54) is 0 Å². The topological polar surface area (TPSA) is 80.3 Å². The minimum atomic E-state index is -5.17. The molecule has 0 aliphatic carbocycles. The van der Waals surface area contributed by atoms with Crippen LogP contribution in [0.2, 0.25) is 0 Å². The summed E-state index contributed by atoms with van der Waals surface area (Å²) < 4.78 is 34.1. The third-order valence-electron chi connectivity index (χ3n) is 0. The fraction of sp³-hybridized carbons (Fsp3) is 0. The van der Waals surface area contributed by atoms with Gasteiger partial charge in [-0.2, -0.15) is 0 Å². The molecule has 0 aromatic heterocycles. The zero-order valence-corrected chi connectivity index (χ0v) is 5.54. The Morgan fingerprint density at radius 2 is 1.14 bits per heavy atom. The van der Waals surface area contributed by atoms with E-state index >= 15 is 0 Å². The van der Waals surface area contributed by atoms with E-state index in [1.54, 1.807) is 0 Å². The molecule has 0 rings (SSSR count). The molecular weight excluding hydrogens is 187 g/mol. The average Bonchev–Trinajstić information content (AvgIpc) is 0.722. The van der Waals surface area contributed by atoms with Crippen molar-refractivity contribution >= 4 is 22.8 Å². The van der Waals surface area contributed by atoms with E-state index in [0.29, 0.717) is 0 Å². The van der Waals surface area contributed by atoms with Crippen LogP contribution in [0.25, 0.3) is 0 Å². The molecule has 7 heavy (non-hydrogen) atoms. The molecule has 0 saturated carbocycles. The summed E-state index contributed by atoms with van der Waals surface area (Å²) in [6.45, 7) is 0. The van der Waals surface area contributed by atoms with Gasteiger partial charge in [-0.1, -0.05) is 0 Å². The van der Waals surface area contributed by atoms with Crippen LogP contribution in [0.15, 0.2) is 0 Å². The minimum Gasteiger partial charge on any atom is -0.759 e. The molecule has 0 radical (unpaired) electrons. The maximum atomic E-state index is 8.52. The summed E-state index contributed by atoms with van der Waals surface area (Å²) in [6, 6.07) is 0. The van der Waals surface area contributed by atoms with Crippen LogP contribution >= 0.6 is 12.4 Å². The van der Waals surface area contributed by atoms with Crippen molar-refractivity contribution in [2.24, 2.45) is 0 Å². The van der Waals surface area contributed by atoms with Crippen LogP contribution in [-0.4, -0.2) is 17.5 Å². The Hall–Kier alpha value is 0.679. The van der Waals surface area contributed by atoms with Gasteiger partial charge in [0.05, 0.1) is 0 Å². The normalized spacial score (nSPS) is 8.29. The van der Waals surface area contributed by atoms with Gasteiger partial charge >= 0.3 is 17.1 Å². The van der Waals surface area contributed by atoms with Crippen LogP contribution in [0.4, 0.5) is 0 Å². The first-order chi connectivity index (χ1) is 2.00. The molecule has 0 aromatic rings. The van der Waals surface area contributed by atoms with Gasteiger partial charge in [0, 0.05) is 10.4 Å². The zero-order chi connectivity index (χ0) is 4.50. The zero-order valence-electron chi connectivity index (χ0n) is 2.80. The first-order valence-corrected chi connectivity index (χ1v) is 2.00. The van der Waals surface area contributed by atoms with E-state index in [2.05, 4.69) is 0 Å². The first-order valence-electron chi connectivity index (χ1n) is 0.667. The van der Waals surface area contributed by atoms with Gasteiger partial charge in [-0.25, -0.2) is 0 Å². The van der Waals surface area contributed by atoms with Gasteiger partial charge in [0.1, 0.15) is 0 Å². The van der Waals surface area contributed by atoms with Gasteiger partial charge in [-0.05, 0) is 0 Å². The molecule has 0 bridgehead atoms. The SMILES string of the molecule is Cl.O=S(=O)([O-])[O-].[Fe+2]. The Balaban J connectivity index is -0.0000000800. The second kappa shape index (κ2) is 4.83. The van der Waals surface area contributed by atoms with Crippen molar-refractivity contribution in [2.45, 2.75) is 0 Å². The van der Waals surface area contributed by atoms with E-state index in [4.69, 9.17) is 17.5 Å². The number of hydrogen-bond donors (Lipinski definition) is 0. The predicted molar refractivity (Wildman–Crippen MR) is 17.7 cm³/mol. The van der Waals surface area contributed by atoms with Gasteiger partial charge in [-0.15, -0.1) is 12.4 Å². The summed E-state index contributed by atoms with van der Waals surface area (Å²) in [4.78, 5) is 0. The molecule has 0 aliphatic heterocycles. The van der Waals surface area contributed by atoms with E-state index in [-0.39, 0.29) is 29.5 Å². The molecule has 0 saturated heterocycles. The molecule has 0 spiro atoms. The fourth-order valence-corrected chi connectivity index (χ4v) is 0. The van der Waals surface area contributed by atoms with Crippen LogP contribution in [0, 0.1) is 0 Å². The van der Waals surface area contributed by atoms with Crippen molar-refractivity contribution in [1.29, 1.82) is 0 Å². The Labute approximate surface area is 57.8 Å². The van der Waals surface area contributed by atoms with Gasteiger partial charge < -0.3 is 9.11 Å². The van der Waals surface area contributed by atoms with Crippen molar-refractivity contribution in [3.8, 4) is 0 Å². The summed E-state index contributed by atoms with van der Waals surface area (Å²) >= 11 is 0. The van der Waals surface area contributed by atoms with Gasteiger partial charge in [0.15, 0.2) is 0 Å². The third kappa shape index (κ3) is 317. The van der Waals surface area contributed by atoms with Gasteiger partial charge in [0.25, 0.3) is 0 Å². The summed E-state index contributed by atoms with van der Waals surface area (Å²) in [5.74, 6) is 0. The predicted octanol–water partition coefficient (Wildman–Crippen LogP) is -0.919. The third-order valence-corrected chi connectivity index (χ3v) is 0. The molecule has 4 nitrogen and oxygen atoms in total. The van der Waals surface area contributed by atoms with E-state index in [9.17, 15) is 0 Å².